The summed E-state index contributed by atoms with van der Waals surface area (Å²) in [4.78, 5) is 14.4. The molecule has 120 valence electrons. The van der Waals surface area contributed by atoms with Gasteiger partial charge in [-0.25, -0.2) is 4.39 Å². The van der Waals surface area contributed by atoms with E-state index in [2.05, 4.69) is 5.16 Å². The first-order valence-corrected chi connectivity index (χ1v) is 7.72. The van der Waals surface area contributed by atoms with Crippen LogP contribution in [0.3, 0.4) is 0 Å². The molecule has 0 aliphatic carbocycles. The number of aromatic nitrogens is 1. The third-order valence-electron chi connectivity index (χ3n) is 4.45. The summed E-state index contributed by atoms with van der Waals surface area (Å²) >= 11 is 0. The molecule has 3 aromatic rings. The second-order valence-corrected chi connectivity index (χ2v) is 5.85. The Balaban J connectivity index is 1.79. The maximum absolute atomic E-state index is 14.1. The van der Waals surface area contributed by atoms with E-state index in [-0.39, 0.29) is 11.7 Å². The van der Waals surface area contributed by atoms with E-state index < -0.39 is 6.04 Å². The average Bonchev–Trinajstić information content (AvgIpc) is 3.04. The molecule has 1 aromatic heterocycles. The van der Waals surface area contributed by atoms with Crippen molar-refractivity contribution in [2.24, 2.45) is 0 Å². The molecule has 1 amide bonds. The number of rotatable bonds is 2. The molecule has 2 heterocycles. The first-order valence-electron chi connectivity index (χ1n) is 7.72. The van der Waals surface area contributed by atoms with E-state index >= 15 is 0 Å². The Morgan fingerprint density at radius 3 is 2.58 bits per heavy atom. The van der Waals surface area contributed by atoms with Crippen LogP contribution in [0.2, 0.25) is 0 Å². The summed E-state index contributed by atoms with van der Waals surface area (Å²) in [6, 6.07) is 15.5. The molecule has 0 saturated carbocycles. The second kappa shape index (κ2) is 5.60. The van der Waals surface area contributed by atoms with E-state index in [0.29, 0.717) is 29.0 Å². The van der Waals surface area contributed by atoms with Crippen molar-refractivity contribution in [1.82, 2.24) is 10.1 Å². The minimum atomic E-state index is -0.400. The SMILES string of the molecule is CN1C(=O)c2c(-c3ccccc3)noc2CC1c1ccccc1F. The van der Waals surface area contributed by atoms with Gasteiger partial charge in [-0.15, -0.1) is 0 Å². The monoisotopic (exact) mass is 322 g/mol. The molecule has 0 fully saturated rings. The second-order valence-electron chi connectivity index (χ2n) is 5.85. The number of benzene rings is 2. The highest BCUT2D eigenvalue weighted by molar-refractivity contribution is 6.01. The Bertz CT molecular complexity index is 905. The topological polar surface area (TPSA) is 46.3 Å². The van der Waals surface area contributed by atoms with Crippen molar-refractivity contribution in [2.45, 2.75) is 12.5 Å². The highest BCUT2D eigenvalue weighted by atomic mass is 19.1. The van der Waals surface area contributed by atoms with Crippen LogP contribution in [0.25, 0.3) is 11.3 Å². The number of carbonyl (C=O) groups is 1. The minimum absolute atomic E-state index is 0.204. The molecular weight excluding hydrogens is 307 g/mol. The van der Waals surface area contributed by atoms with Crippen LogP contribution in [0.4, 0.5) is 4.39 Å². The number of nitrogens with zero attached hydrogens (tertiary/aromatic N) is 2. The molecule has 1 atom stereocenters. The van der Waals surface area contributed by atoms with Crippen LogP contribution in [0.15, 0.2) is 59.1 Å². The zero-order chi connectivity index (χ0) is 16.7. The zero-order valence-corrected chi connectivity index (χ0v) is 13.1. The number of amides is 1. The summed E-state index contributed by atoms with van der Waals surface area (Å²) in [7, 11) is 1.68. The third-order valence-corrected chi connectivity index (χ3v) is 4.45. The van der Waals surface area contributed by atoms with E-state index in [9.17, 15) is 9.18 Å². The summed E-state index contributed by atoms with van der Waals surface area (Å²) in [6.45, 7) is 0. The van der Waals surface area contributed by atoms with Crippen LogP contribution < -0.4 is 0 Å². The van der Waals surface area contributed by atoms with Crippen LogP contribution in [-0.4, -0.2) is 23.0 Å². The lowest BCUT2D eigenvalue weighted by molar-refractivity contribution is 0.0691. The molecule has 1 unspecified atom stereocenters. The van der Waals surface area contributed by atoms with Gasteiger partial charge in [-0.3, -0.25) is 4.79 Å². The van der Waals surface area contributed by atoms with E-state index in [0.717, 1.165) is 5.56 Å². The van der Waals surface area contributed by atoms with Crippen molar-refractivity contribution < 1.29 is 13.7 Å². The molecule has 5 heteroatoms. The van der Waals surface area contributed by atoms with Gasteiger partial charge in [0, 0.05) is 24.6 Å². The Morgan fingerprint density at radius 1 is 1.12 bits per heavy atom. The molecule has 0 bridgehead atoms. The van der Waals surface area contributed by atoms with Gasteiger partial charge in [-0.2, -0.15) is 0 Å². The highest BCUT2D eigenvalue weighted by Crippen LogP contribution is 2.37. The van der Waals surface area contributed by atoms with E-state index in [1.807, 2.05) is 30.3 Å². The maximum atomic E-state index is 14.1. The van der Waals surface area contributed by atoms with Crippen LogP contribution in [0, 0.1) is 5.82 Å². The molecule has 0 saturated heterocycles. The predicted octanol–water partition coefficient (Wildman–Crippen LogP) is 3.85. The highest BCUT2D eigenvalue weighted by Gasteiger charge is 2.37. The zero-order valence-electron chi connectivity index (χ0n) is 13.1. The average molecular weight is 322 g/mol. The number of halogens is 1. The molecule has 0 radical (unpaired) electrons. The lowest BCUT2D eigenvalue weighted by Gasteiger charge is -2.32. The first-order chi connectivity index (χ1) is 11.7. The van der Waals surface area contributed by atoms with Crippen LogP contribution in [0.1, 0.15) is 27.7 Å². The lowest BCUT2D eigenvalue weighted by Crippen LogP contribution is -2.37. The molecule has 1 aliphatic rings. The fourth-order valence-corrected chi connectivity index (χ4v) is 3.17. The van der Waals surface area contributed by atoms with Gasteiger partial charge in [-0.05, 0) is 6.07 Å². The maximum Gasteiger partial charge on any atom is 0.260 e. The molecule has 4 rings (SSSR count). The first kappa shape index (κ1) is 14.6. The van der Waals surface area contributed by atoms with E-state index in [4.69, 9.17) is 4.52 Å². The Labute approximate surface area is 138 Å². The summed E-state index contributed by atoms with van der Waals surface area (Å²) < 4.78 is 19.6. The van der Waals surface area contributed by atoms with Crippen LogP contribution >= 0.6 is 0 Å². The quantitative estimate of drug-likeness (QED) is 0.720. The third kappa shape index (κ3) is 2.21. The molecule has 24 heavy (non-hydrogen) atoms. The molecular formula is C19H15FN2O2. The van der Waals surface area contributed by atoms with Gasteiger partial charge >= 0.3 is 0 Å². The van der Waals surface area contributed by atoms with Gasteiger partial charge in [0.25, 0.3) is 5.91 Å². The van der Waals surface area contributed by atoms with Gasteiger partial charge in [0.1, 0.15) is 17.1 Å². The number of hydrogen-bond donors (Lipinski definition) is 0. The normalized spacial score (nSPS) is 17.0. The number of hydrogen-bond acceptors (Lipinski definition) is 3. The van der Waals surface area contributed by atoms with Crippen molar-refractivity contribution in [3.63, 3.8) is 0 Å². The molecule has 2 aromatic carbocycles. The molecule has 1 aliphatic heterocycles. The summed E-state index contributed by atoms with van der Waals surface area (Å²) in [6.07, 6.45) is 0.401. The van der Waals surface area contributed by atoms with E-state index in [1.54, 1.807) is 30.1 Å². The summed E-state index contributed by atoms with van der Waals surface area (Å²) in [5.74, 6) is -0.0248. The van der Waals surface area contributed by atoms with Gasteiger partial charge in [-0.1, -0.05) is 53.7 Å². The number of carbonyl (C=O) groups excluding carboxylic acids is 1. The molecule has 0 spiro atoms. The summed E-state index contributed by atoms with van der Waals surface area (Å²) in [5.41, 5.74) is 2.32. The van der Waals surface area contributed by atoms with Gasteiger partial charge < -0.3 is 9.42 Å². The largest absolute Gasteiger partial charge is 0.360 e. The molecule has 0 N–H and O–H groups in total. The Kier molecular flexibility index (Phi) is 3.41. The van der Waals surface area contributed by atoms with Crippen LogP contribution in [-0.2, 0) is 6.42 Å². The fraction of sp³-hybridized carbons (Fsp3) is 0.158. The van der Waals surface area contributed by atoms with Crippen molar-refractivity contribution in [3.05, 3.63) is 77.3 Å². The summed E-state index contributed by atoms with van der Waals surface area (Å²) in [5, 5.41) is 4.09. The van der Waals surface area contributed by atoms with Gasteiger partial charge in [0.05, 0.1) is 6.04 Å². The van der Waals surface area contributed by atoms with Gasteiger partial charge in [0.2, 0.25) is 0 Å². The van der Waals surface area contributed by atoms with Gasteiger partial charge in [0.15, 0.2) is 5.76 Å². The van der Waals surface area contributed by atoms with E-state index in [1.165, 1.54) is 6.07 Å². The van der Waals surface area contributed by atoms with Crippen molar-refractivity contribution in [3.8, 4) is 11.3 Å². The van der Waals surface area contributed by atoms with Crippen molar-refractivity contribution in [2.75, 3.05) is 7.05 Å². The predicted molar refractivity (Wildman–Crippen MR) is 86.9 cm³/mol. The Morgan fingerprint density at radius 2 is 1.83 bits per heavy atom. The Hall–Kier alpha value is -2.95. The van der Waals surface area contributed by atoms with Crippen molar-refractivity contribution in [1.29, 1.82) is 0 Å². The molecule has 4 nitrogen and oxygen atoms in total. The van der Waals surface area contributed by atoms with Crippen LogP contribution in [0.5, 0.6) is 0 Å². The fourth-order valence-electron chi connectivity index (χ4n) is 3.17. The number of fused-ring (bicyclic) bond motifs is 1. The van der Waals surface area contributed by atoms with Crippen molar-refractivity contribution >= 4 is 5.91 Å². The number of likely N-dealkylation sites (N-methyl/N-ethyl adjacent to an activating group) is 1. The standard InChI is InChI=1S/C19H15FN2O2/c1-22-15(13-9-5-6-10-14(13)20)11-16-17(19(22)23)18(21-24-16)12-7-3-2-4-8-12/h2-10,15H,11H2,1H3. The smallest absolute Gasteiger partial charge is 0.260 e. The minimum Gasteiger partial charge on any atom is -0.360 e. The lowest BCUT2D eigenvalue weighted by atomic mass is 9.92.